The van der Waals surface area contributed by atoms with Crippen LogP contribution in [0.25, 0.3) is 6.08 Å². The molecule has 2 rings (SSSR count). The Morgan fingerprint density at radius 1 is 1.29 bits per heavy atom. The van der Waals surface area contributed by atoms with Crippen LogP contribution in [0.2, 0.25) is 0 Å². The van der Waals surface area contributed by atoms with Gasteiger partial charge in [-0.2, -0.15) is 0 Å². The van der Waals surface area contributed by atoms with E-state index in [0.29, 0.717) is 9.23 Å². The molecule has 110 valence electrons. The number of carboxylic acid groups (broad SMARTS) is 1. The van der Waals surface area contributed by atoms with Gasteiger partial charge in [-0.3, -0.25) is 9.69 Å². The lowest BCUT2D eigenvalue weighted by Gasteiger charge is -2.30. The van der Waals surface area contributed by atoms with E-state index in [1.54, 1.807) is 23.1 Å². The van der Waals surface area contributed by atoms with E-state index in [2.05, 4.69) is 0 Å². The van der Waals surface area contributed by atoms with Crippen molar-refractivity contribution in [2.75, 3.05) is 0 Å². The summed E-state index contributed by atoms with van der Waals surface area (Å²) in [6.07, 6.45) is 1.71. The van der Waals surface area contributed by atoms with E-state index in [-0.39, 0.29) is 17.0 Å². The van der Waals surface area contributed by atoms with Gasteiger partial charge in [0.2, 0.25) is 0 Å². The van der Waals surface area contributed by atoms with Gasteiger partial charge in [0.05, 0.1) is 10.9 Å². The van der Waals surface area contributed by atoms with Gasteiger partial charge in [-0.25, -0.2) is 0 Å². The number of aromatic carboxylic acids is 1. The molecule has 0 radical (unpaired) electrons. The molecule has 0 bridgehead atoms. The van der Waals surface area contributed by atoms with Crippen LogP contribution < -0.4 is 5.11 Å². The molecule has 1 aromatic rings. The largest absolute Gasteiger partial charge is 0.545 e. The number of carbonyl (C=O) groups is 2. The topological polar surface area (TPSA) is 60.4 Å². The Kier molecular flexibility index (Phi) is 4.20. The SMILES string of the molecule is CC(C)(C)N1C(=O)/C(=C/c2ccc(C(=O)[O-])cc2)SC1=S. The number of carboxylic acids is 1. The Morgan fingerprint density at radius 2 is 1.86 bits per heavy atom. The van der Waals surface area contributed by atoms with E-state index in [1.165, 1.54) is 23.9 Å². The molecule has 1 saturated heterocycles. The highest BCUT2D eigenvalue weighted by molar-refractivity contribution is 8.26. The summed E-state index contributed by atoms with van der Waals surface area (Å²) < 4.78 is 0.533. The maximum Gasteiger partial charge on any atom is 0.266 e. The average molecular weight is 320 g/mol. The summed E-state index contributed by atoms with van der Waals surface area (Å²) in [6, 6.07) is 6.17. The molecule has 0 spiro atoms. The smallest absolute Gasteiger partial charge is 0.266 e. The van der Waals surface area contributed by atoms with Crippen molar-refractivity contribution < 1.29 is 14.7 Å². The van der Waals surface area contributed by atoms with E-state index in [9.17, 15) is 14.7 Å². The highest BCUT2D eigenvalue weighted by Gasteiger charge is 2.38. The zero-order chi connectivity index (χ0) is 15.8. The molecule has 6 heteroatoms. The third-order valence-corrected chi connectivity index (χ3v) is 4.21. The fourth-order valence-electron chi connectivity index (χ4n) is 1.91. The van der Waals surface area contributed by atoms with Gasteiger partial charge >= 0.3 is 0 Å². The van der Waals surface area contributed by atoms with Gasteiger partial charge in [-0.15, -0.1) is 0 Å². The Hall–Kier alpha value is -1.66. The normalized spacial score (nSPS) is 17.7. The van der Waals surface area contributed by atoms with Crippen molar-refractivity contribution in [3.8, 4) is 0 Å². The molecule has 0 aromatic heterocycles. The second-order valence-corrected chi connectivity index (χ2v) is 7.27. The molecule has 0 saturated carbocycles. The van der Waals surface area contributed by atoms with Crippen LogP contribution >= 0.6 is 24.0 Å². The van der Waals surface area contributed by atoms with Gasteiger partial charge in [-0.1, -0.05) is 48.2 Å². The van der Waals surface area contributed by atoms with Crippen LogP contribution in [0.15, 0.2) is 29.2 Å². The van der Waals surface area contributed by atoms with Crippen molar-refractivity contribution in [2.45, 2.75) is 26.3 Å². The van der Waals surface area contributed by atoms with E-state index in [0.717, 1.165) is 5.56 Å². The van der Waals surface area contributed by atoms with Crippen molar-refractivity contribution in [3.05, 3.63) is 40.3 Å². The maximum atomic E-state index is 12.4. The Bertz CT molecular complexity index is 642. The first-order chi connectivity index (χ1) is 9.70. The van der Waals surface area contributed by atoms with Gasteiger partial charge in [0.1, 0.15) is 4.32 Å². The number of nitrogens with zero attached hydrogens (tertiary/aromatic N) is 1. The van der Waals surface area contributed by atoms with E-state index < -0.39 is 5.97 Å². The summed E-state index contributed by atoms with van der Waals surface area (Å²) in [6.45, 7) is 5.78. The second-order valence-electron chi connectivity index (χ2n) is 5.60. The van der Waals surface area contributed by atoms with Gasteiger partial charge < -0.3 is 9.90 Å². The minimum atomic E-state index is -1.22. The van der Waals surface area contributed by atoms with Gasteiger partial charge in [0, 0.05) is 5.54 Å². The standard InChI is InChI=1S/C15H15NO3S2/c1-15(2,3)16-12(17)11(21-14(16)20)8-9-4-6-10(7-5-9)13(18)19/h4-8H,1-3H3,(H,18,19)/p-1/b11-8-. The van der Waals surface area contributed by atoms with Crippen molar-refractivity contribution >= 4 is 46.3 Å². The van der Waals surface area contributed by atoms with Crippen molar-refractivity contribution in [3.63, 3.8) is 0 Å². The van der Waals surface area contributed by atoms with Crippen LogP contribution in [0.4, 0.5) is 0 Å². The zero-order valence-corrected chi connectivity index (χ0v) is 13.5. The molecule has 21 heavy (non-hydrogen) atoms. The monoisotopic (exact) mass is 320 g/mol. The molecule has 1 aliphatic heterocycles. The molecule has 1 aromatic carbocycles. The number of amides is 1. The lowest BCUT2D eigenvalue weighted by molar-refractivity contribution is -0.255. The average Bonchev–Trinajstić information content (AvgIpc) is 2.64. The molecule has 1 aliphatic rings. The molecular formula is C15H14NO3S2-. The summed E-state index contributed by atoms with van der Waals surface area (Å²) in [7, 11) is 0. The predicted molar refractivity (Wildman–Crippen MR) is 85.5 cm³/mol. The first kappa shape index (κ1) is 15.7. The van der Waals surface area contributed by atoms with Crippen molar-refractivity contribution in [1.82, 2.24) is 4.90 Å². The Balaban J connectivity index is 2.28. The van der Waals surface area contributed by atoms with Gasteiger partial charge in [0.25, 0.3) is 5.91 Å². The van der Waals surface area contributed by atoms with Crippen LogP contribution in [0.5, 0.6) is 0 Å². The number of hydrogen-bond donors (Lipinski definition) is 0. The van der Waals surface area contributed by atoms with Crippen molar-refractivity contribution in [1.29, 1.82) is 0 Å². The summed E-state index contributed by atoms with van der Waals surface area (Å²) >= 11 is 6.51. The quantitative estimate of drug-likeness (QED) is 0.616. The summed E-state index contributed by atoms with van der Waals surface area (Å²) in [4.78, 5) is 25.2. The number of hydrogen-bond acceptors (Lipinski definition) is 5. The van der Waals surface area contributed by atoms with Crippen LogP contribution in [-0.2, 0) is 4.79 Å². The lowest BCUT2D eigenvalue weighted by Crippen LogP contribution is -2.44. The number of carbonyl (C=O) groups excluding carboxylic acids is 2. The minimum absolute atomic E-state index is 0.106. The molecule has 0 aliphatic carbocycles. The zero-order valence-electron chi connectivity index (χ0n) is 11.9. The summed E-state index contributed by atoms with van der Waals surface area (Å²) in [5.41, 5.74) is 0.485. The molecule has 1 amide bonds. The number of thioether (sulfide) groups is 1. The number of rotatable bonds is 2. The first-order valence-electron chi connectivity index (χ1n) is 6.29. The molecule has 0 unspecified atom stereocenters. The van der Waals surface area contributed by atoms with Crippen LogP contribution in [0, 0.1) is 0 Å². The third-order valence-electron chi connectivity index (χ3n) is 2.91. The molecule has 0 atom stereocenters. The second kappa shape index (κ2) is 5.61. The molecule has 0 N–H and O–H groups in total. The predicted octanol–water partition coefficient (Wildman–Crippen LogP) is 2.05. The van der Waals surface area contributed by atoms with Gasteiger partial charge in [-0.05, 0) is 38.0 Å². The lowest BCUT2D eigenvalue weighted by atomic mass is 10.1. The van der Waals surface area contributed by atoms with E-state index >= 15 is 0 Å². The first-order valence-corrected chi connectivity index (χ1v) is 7.52. The fourth-order valence-corrected chi connectivity index (χ4v) is 3.55. The number of benzene rings is 1. The van der Waals surface area contributed by atoms with Crippen LogP contribution in [0.1, 0.15) is 36.7 Å². The Labute approximate surface area is 132 Å². The highest BCUT2D eigenvalue weighted by Crippen LogP contribution is 2.36. The molecule has 4 nitrogen and oxygen atoms in total. The minimum Gasteiger partial charge on any atom is -0.545 e. The van der Waals surface area contributed by atoms with E-state index in [4.69, 9.17) is 12.2 Å². The molecule has 1 fully saturated rings. The maximum absolute atomic E-state index is 12.4. The summed E-state index contributed by atoms with van der Waals surface area (Å²) in [5, 5.41) is 10.7. The highest BCUT2D eigenvalue weighted by atomic mass is 32.2. The fraction of sp³-hybridized carbons (Fsp3) is 0.267. The summed E-state index contributed by atoms with van der Waals surface area (Å²) in [5.74, 6) is -1.35. The molecule has 1 heterocycles. The molecular weight excluding hydrogens is 306 g/mol. The van der Waals surface area contributed by atoms with Crippen LogP contribution in [-0.4, -0.2) is 26.6 Å². The van der Waals surface area contributed by atoms with E-state index in [1.807, 2.05) is 20.8 Å². The number of thiocarbonyl (C=S) groups is 1. The van der Waals surface area contributed by atoms with Crippen LogP contribution in [0.3, 0.4) is 0 Å². The Morgan fingerprint density at radius 3 is 2.29 bits per heavy atom. The van der Waals surface area contributed by atoms with Crippen molar-refractivity contribution in [2.24, 2.45) is 0 Å². The van der Waals surface area contributed by atoms with Gasteiger partial charge in [0.15, 0.2) is 0 Å². The third kappa shape index (κ3) is 3.33.